The summed E-state index contributed by atoms with van der Waals surface area (Å²) in [5.74, 6) is 0.672. The molecule has 0 amide bonds. The Morgan fingerprint density at radius 3 is 1.57 bits per heavy atom. The van der Waals surface area contributed by atoms with Crippen LogP contribution in [0.2, 0.25) is 0 Å². The largest absolute Gasteiger partial charge is 0.0839 e. The Bertz CT molecular complexity index is 797. The van der Waals surface area contributed by atoms with E-state index in [4.69, 9.17) is 0 Å². The van der Waals surface area contributed by atoms with Gasteiger partial charge in [-0.3, -0.25) is 0 Å². The molecule has 198 valence electrons. The number of aryl methyl sites for hydroxylation is 1. The van der Waals surface area contributed by atoms with Gasteiger partial charge in [0.2, 0.25) is 0 Å². The van der Waals surface area contributed by atoms with Crippen LogP contribution in [-0.2, 0) is 6.42 Å². The van der Waals surface area contributed by atoms with Crippen LogP contribution < -0.4 is 5.19 Å². The third-order valence-corrected chi connectivity index (χ3v) is 11.5. The minimum atomic E-state index is -0.373. The molecule has 0 N–H and O–H groups in total. The van der Waals surface area contributed by atoms with Crippen molar-refractivity contribution in [1.29, 1.82) is 0 Å². The van der Waals surface area contributed by atoms with Crippen molar-refractivity contribution in [1.82, 2.24) is 0 Å². The van der Waals surface area contributed by atoms with Crippen LogP contribution in [-0.4, -0.2) is 9.52 Å². The number of unbranched alkanes of at least 4 members (excludes halogenated alkanes) is 15. The van der Waals surface area contributed by atoms with Crippen molar-refractivity contribution in [2.24, 2.45) is 5.92 Å². The van der Waals surface area contributed by atoms with Crippen molar-refractivity contribution in [3.8, 4) is 0 Å². The quantitative estimate of drug-likeness (QED) is 0.132. The molecular weight excluding hydrogens is 436 g/mol. The highest BCUT2D eigenvalue weighted by molar-refractivity contribution is 6.62. The van der Waals surface area contributed by atoms with Crippen molar-refractivity contribution in [3.63, 3.8) is 0 Å². The van der Waals surface area contributed by atoms with Crippen LogP contribution >= 0.6 is 0 Å². The molecule has 1 atom stereocenters. The molecule has 1 aliphatic carbocycles. The molecule has 0 fully saturated rings. The first-order chi connectivity index (χ1) is 17.0. The van der Waals surface area contributed by atoms with Gasteiger partial charge in [-0.25, -0.2) is 0 Å². The van der Waals surface area contributed by atoms with Crippen molar-refractivity contribution < 1.29 is 0 Å². The fourth-order valence-electron chi connectivity index (χ4n) is 6.07. The Morgan fingerprint density at radius 1 is 0.629 bits per heavy atom. The highest BCUT2D eigenvalue weighted by Gasteiger charge is 2.24. The molecular formula is C34H58Si. The second-order valence-corrected chi connectivity index (χ2v) is 13.5. The molecule has 0 spiro atoms. The number of hydrogen-bond acceptors (Lipinski definition) is 0. The maximum Gasteiger partial charge on any atom is 0.0839 e. The molecule has 0 aromatic heterocycles. The molecule has 0 bridgehead atoms. The number of hydrogen-bond donors (Lipinski definition) is 0. The Morgan fingerprint density at radius 2 is 1.11 bits per heavy atom. The van der Waals surface area contributed by atoms with Crippen LogP contribution in [0.5, 0.6) is 0 Å². The summed E-state index contributed by atoms with van der Waals surface area (Å²) in [6.07, 6.45) is 24.4. The van der Waals surface area contributed by atoms with Crippen LogP contribution in [0.25, 0.3) is 0 Å². The van der Waals surface area contributed by atoms with E-state index in [2.05, 4.69) is 59.7 Å². The minimum Gasteiger partial charge on any atom is -0.0728 e. The Labute approximate surface area is 222 Å². The van der Waals surface area contributed by atoms with Gasteiger partial charge in [0, 0.05) is 0 Å². The average molecular weight is 495 g/mol. The van der Waals surface area contributed by atoms with Gasteiger partial charge in [-0.05, 0) is 63.2 Å². The molecule has 0 nitrogen and oxygen atoms in total. The first-order valence-electron chi connectivity index (χ1n) is 15.4. The summed E-state index contributed by atoms with van der Waals surface area (Å²) in [6, 6.07) is 7.10. The van der Waals surface area contributed by atoms with Gasteiger partial charge in [-0.15, -0.1) is 0 Å². The van der Waals surface area contributed by atoms with Crippen LogP contribution in [0, 0.1) is 12.8 Å². The topological polar surface area (TPSA) is 0 Å². The van der Waals surface area contributed by atoms with Crippen molar-refractivity contribution in [3.05, 3.63) is 51.2 Å². The fraction of sp³-hybridized carbons (Fsp3) is 0.706. The highest BCUT2D eigenvalue weighted by Crippen LogP contribution is 2.35. The maximum atomic E-state index is 2.46. The second kappa shape index (κ2) is 17.4. The van der Waals surface area contributed by atoms with E-state index in [9.17, 15) is 0 Å². The van der Waals surface area contributed by atoms with E-state index in [0.29, 0.717) is 5.92 Å². The third kappa shape index (κ3) is 10.4. The van der Waals surface area contributed by atoms with E-state index < -0.39 is 0 Å². The second-order valence-electron chi connectivity index (χ2n) is 11.6. The molecule has 0 heterocycles. The number of rotatable bonds is 19. The summed E-state index contributed by atoms with van der Waals surface area (Å²) in [5.41, 5.74) is 8.00. The Kier molecular flexibility index (Phi) is 15.0. The van der Waals surface area contributed by atoms with Gasteiger partial charge in [0.15, 0.2) is 0 Å². The van der Waals surface area contributed by atoms with Crippen molar-refractivity contribution in [2.45, 2.75) is 151 Å². The van der Waals surface area contributed by atoms with E-state index in [1.54, 1.807) is 32.7 Å². The Balaban J connectivity index is 1.57. The maximum absolute atomic E-state index is 2.46. The summed E-state index contributed by atoms with van der Waals surface area (Å²) in [7, 11) is -0.373. The van der Waals surface area contributed by atoms with Gasteiger partial charge in [0.25, 0.3) is 0 Å². The monoisotopic (exact) mass is 494 g/mol. The first-order valence-corrected chi connectivity index (χ1v) is 16.8. The van der Waals surface area contributed by atoms with Gasteiger partial charge in [0.1, 0.15) is 0 Å². The zero-order chi connectivity index (χ0) is 25.5. The van der Waals surface area contributed by atoms with Crippen LogP contribution in [0.4, 0.5) is 0 Å². The van der Waals surface area contributed by atoms with E-state index in [-0.39, 0.29) is 9.52 Å². The lowest BCUT2D eigenvalue weighted by molar-refractivity contribution is 0.529. The van der Waals surface area contributed by atoms with E-state index in [1.165, 1.54) is 115 Å². The number of allylic oxidation sites excluding steroid dienone is 4. The van der Waals surface area contributed by atoms with E-state index in [0.717, 1.165) is 0 Å². The smallest absolute Gasteiger partial charge is 0.0728 e. The van der Waals surface area contributed by atoms with E-state index in [1.807, 2.05) is 0 Å². The normalized spacial score (nSPS) is 16.5. The predicted octanol–water partition coefficient (Wildman–Crippen LogP) is 9.85. The first kappa shape index (κ1) is 30.1. The lowest BCUT2D eigenvalue weighted by Crippen LogP contribution is -2.25. The van der Waals surface area contributed by atoms with E-state index >= 15 is 0 Å². The lowest BCUT2D eigenvalue weighted by Gasteiger charge is -2.17. The summed E-state index contributed by atoms with van der Waals surface area (Å²) in [5, 5.41) is 3.51. The molecule has 1 aromatic rings. The number of benzene rings is 1. The molecule has 0 saturated carbocycles. The third-order valence-electron chi connectivity index (χ3n) is 8.98. The summed E-state index contributed by atoms with van der Waals surface area (Å²) < 4.78 is 0. The van der Waals surface area contributed by atoms with Crippen molar-refractivity contribution in [2.75, 3.05) is 0 Å². The van der Waals surface area contributed by atoms with Gasteiger partial charge < -0.3 is 0 Å². The lowest BCUT2D eigenvalue weighted by atomic mass is 10.0. The van der Waals surface area contributed by atoms with Gasteiger partial charge in [0.05, 0.1) is 9.52 Å². The molecule has 35 heavy (non-hydrogen) atoms. The minimum absolute atomic E-state index is 0.373. The molecule has 0 radical (unpaired) electrons. The SMILES string of the molecule is CCCCCCCCCCCCCCCCCCc1c(C)cccc1[SiH2]C1=C(C)C(C)=C(C)C1C. The standard InChI is InChI=1S/C34H58Si/c1-7-8-9-10-11-12-13-14-15-16-17-18-19-20-21-22-25-32-27(2)24-23-26-33(32)35-34-30(5)28(3)29(4)31(34)6/h23-24,26,30H,7-22,25,35H2,1-6H3. The fourth-order valence-corrected chi connectivity index (χ4v) is 8.55. The summed E-state index contributed by atoms with van der Waals surface area (Å²) >= 11 is 0. The van der Waals surface area contributed by atoms with Crippen molar-refractivity contribution >= 4 is 14.7 Å². The van der Waals surface area contributed by atoms with Gasteiger partial charge in [-0.1, -0.05) is 150 Å². The summed E-state index contributed by atoms with van der Waals surface area (Å²) in [6.45, 7) is 14.1. The molecule has 1 aliphatic rings. The van der Waals surface area contributed by atoms with Crippen LogP contribution in [0.15, 0.2) is 40.1 Å². The van der Waals surface area contributed by atoms with Gasteiger partial charge in [-0.2, -0.15) is 0 Å². The molecule has 1 aromatic carbocycles. The molecule has 0 aliphatic heterocycles. The van der Waals surface area contributed by atoms with Crippen LogP contribution in [0.1, 0.15) is 148 Å². The Hall–Kier alpha value is -1.08. The van der Waals surface area contributed by atoms with Crippen LogP contribution in [0.3, 0.4) is 0 Å². The van der Waals surface area contributed by atoms with Gasteiger partial charge >= 0.3 is 0 Å². The molecule has 1 unspecified atom stereocenters. The zero-order valence-electron chi connectivity index (χ0n) is 24.5. The predicted molar refractivity (Wildman–Crippen MR) is 163 cm³/mol. The molecule has 1 heteroatoms. The average Bonchev–Trinajstić information content (AvgIpc) is 3.03. The molecule has 0 saturated heterocycles. The summed E-state index contributed by atoms with van der Waals surface area (Å²) in [4.78, 5) is 0. The zero-order valence-corrected chi connectivity index (χ0v) is 26.0. The molecule has 2 rings (SSSR count). The highest BCUT2D eigenvalue weighted by atomic mass is 28.2.